The molecule has 2 aliphatic rings. The van der Waals surface area contributed by atoms with Crippen LogP contribution in [0.2, 0.25) is 0 Å². The van der Waals surface area contributed by atoms with E-state index < -0.39 is 5.54 Å². The van der Waals surface area contributed by atoms with Gasteiger partial charge in [-0.05, 0) is 19.8 Å². The summed E-state index contributed by atoms with van der Waals surface area (Å²) in [6, 6.07) is 0.245. The first-order valence-electron chi connectivity index (χ1n) is 7.46. The molecule has 0 aromatic heterocycles. The number of hydrogen-bond donors (Lipinski definition) is 1. The minimum Gasteiger partial charge on any atom is -0.377 e. The zero-order valence-corrected chi connectivity index (χ0v) is 12.9. The van der Waals surface area contributed by atoms with Gasteiger partial charge in [-0.2, -0.15) is 0 Å². The quantitative estimate of drug-likeness (QED) is 0.845. The molecule has 110 valence electrons. The molecule has 0 bridgehead atoms. The number of hydrogen-bond acceptors (Lipinski definition) is 3. The van der Waals surface area contributed by atoms with Crippen molar-refractivity contribution in [2.45, 2.75) is 64.6 Å². The Bertz CT molecular complexity index is 369. The lowest BCUT2D eigenvalue weighted by atomic mass is 9.47. The van der Waals surface area contributed by atoms with Crippen molar-refractivity contribution >= 4 is 5.91 Å². The Kier molecular flexibility index (Phi) is 3.69. The fourth-order valence-electron chi connectivity index (χ4n) is 3.92. The second-order valence-electron chi connectivity index (χ2n) is 6.83. The fourth-order valence-corrected chi connectivity index (χ4v) is 3.92. The van der Waals surface area contributed by atoms with Crippen molar-refractivity contribution in [3.63, 3.8) is 0 Å². The molecule has 1 aliphatic carbocycles. The summed E-state index contributed by atoms with van der Waals surface area (Å²) in [6.07, 6.45) is 3.15. The first kappa shape index (κ1) is 14.8. The van der Waals surface area contributed by atoms with Crippen LogP contribution in [0.1, 0.15) is 47.0 Å². The van der Waals surface area contributed by atoms with Crippen LogP contribution in [0.15, 0.2) is 0 Å². The highest BCUT2D eigenvalue weighted by Gasteiger charge is 2.71. The Hall–Kier alpha value is -0.610. The number of carbonyl (C=O) groups is 1. The molecule has 0 radical (unpaired) electrons. The number of ether oxygens (including phenoxy) is 1. The zero-order chi connectivity index (χ0) is 14.4. The lowest BCUT2D eigenvalue weighted by Gasteiger charge is -2.61. The largest absolute Gasteiger partial charge is 0.377 e. The van der Waals surface area contributed by atoms with E-state index in [1.807, 2.05) is 11.9 Å². The average Bonchev–Trinajstić information content (AvgIpc) is 2.84. The maximum Gasteiger partial charge on any atom is 0.243 e. The molecule has 1 saturated heterocycles. The van der Waals surface area contributed by atoms with Crippen LogP contribution >= 0.6 is 0 Å². The summed E-state index contributed by atoms with van der Waals surface area (Å²) < 4.78 is 5.75. The summed E-state index contributed by atoms with van der Waals surface area (Å²) in [7, 11) is 1.89. The van der Waals surface area contributed by atoms with Crippen molar-refractivity contribution in [2.24, 2.45) is 17.1 Å². The van der Waals surface area contributed by atoms with Gasteiger partial charge in [0.1, 0.15) is 5.54 Å². The fraction of sp³-hybridized carbons (Fsp3) is 0.933. The average molecular weight is 268 g/mol. The van der Waals surface area contributed by atoms with Gasteiger partial charge in [-0.25, -0.2) is 0 Å². The van der Waals surface area contributed by atoms with Gasteiger partial charge in [0.15, 0.2) is 0 Å². The van der Waals surface area contributed by atoms with Crippen LogP contribution in [0.3, 0.4) is 0 Å². The number of likely N-dealkylation sites (N-methyl/N-ethyl adjacent to an activating group) is 1. The number of amides is 1. The number of nitrogens with zero attached hydrogens (tertiary/aromatic N) is 1. The standard InChI is InChI=1S/C15H28N2O2/c1-6-7-10(2)17(5)13(18)15(16)11-8-9-19-12(11)14(15,3)4/h10-12H,6-9,16H2,1-5H3. The van der Waals surface area contributed by atoms with Gasteiger partial charge in [0.05, 0.1) is 6.10 Å². The monoisotopic (exact) mass is 268 g/mol. The van der Waals surface area contributed by atoms with Gasteiger partial charge in [-0.1, -0.05) is 27.2 Å². The molecule has 1 amide bonds. The maximum absolute atomic E-state index is 12.9. The van der Waals surface area contributed by atoms with Crippen LogP contribution in [-0.2, 0) is 9.53 Å². The number of fused-ring (bicyclic) bond motifs is 1. The van der Waals surface area contributed by atoms with Gasteiger partial charge < -0.3 is 15.4 Å². The van der Waals surface area contributed by atoms with Gasteiger partial charge in [0.2, 0.25) is 5.91 Å². The number of rotatable bonds is 4. The maximum atomic E-state index is 12.9. The molecule has 0 spiro atoms. The van der Waals surface area contributed by atoms with Crippen molar-refractivity contribution in [1.29, 1.82) is 0 Å². The predicted octanol–water partition coefficient (Wildman–Crippen LogP) is 1.78. The highest BCUT2D eigenvalue weighted by atomic mass is 16.5. The first-order chi connectivity index (χ1) is 8.78. The summed E-state index contributed by atoms with van der Waals surface area (Å²) in [4.78, 5) is 14.7. The minimum absolute atomic E-state index is 0.0881. The summed E-state index contributed by atoms with van der Waals surface area (Å²) in [5.41, 5.74) is 5.54. The van der Waals surface area contributed by atoms with Crippen LogP contribution in [0, 0.1) is 11.3 Å². The highest BCUT2D eigenvalue weighted by molar-refractivity contribution is 5.89. The second kappa shape index (κ2) is 4.74. The molecular formula is C15H28N2O2. The number of nitrogens with two attached hydrogens (primary N) is 1. The summed E-state index contributed by atoms with van der Waals surface area (Å²) in [5.74, 6) is 0.275. The minimum atomic E-state index is -0.759. The Morgan fingerprint density at radius 3 is 2.74 bits per heavy atom. The van der Waals surface area contributed by atoms with Gasteiger partial charge in [0, 0.05) is 31.0 Å². The van der Waals surface area contributed by atoms with Gasteiger partial charge in [-0.3, -0.25) is 4.79 Å². The Labute approximate surface area is 116 Å². The molecule has 4 unspecified atom stereocenters. The summed E-state index contributed by atoms with van der Waals surface area (Å²) >= 11 is 0. The summed E-state index contributed by atoms with van der Waals surface area (Å²) in [5, 5.41) is 0. The van der Waals surface area contributed by atoms with E-state index in [1.165, 1.54) is 0 Å². The molecular weight excluding hydrogens is 240 g/mol. The lowest BCUT2D eigenvalue weighted by molar-refractivity contribution is -0.184. The molecule has 4 atom stereocenters. The third kappa shape index (κ3) is 1.83. The van der Waals surface area contributed by atoms with Crippen molar-refractivity contribution < 1.29 is 9.53 Å². The van der Waals surface area contributed by atoms with Crippen molar-refractivity contribution in [2.75, 3.05) is 13.7 Å². The van der Waals surface area contributed by atoms with Gasteiger partial charge in [0.25, 0.3) is 0 Å². The molecule has 2 rings (SSSR count). The van der Waals surface area contributed by atoms with E-state index in [0.717, 1.165) is 25.9 Å². The Morgan fingerprint density at radius 2 is 2.16 bits per heavy atom. The Morgan fingerprint density at radius 1 is 1.53 bits per heavy atom. The molecule has 4 heteroatoms. The molecule has 2 N–H and O–H groups in total. The van der Waals surface area contributed by atoms with Gasteiger partial charge >= 0.3 is 0 Å². The number of carbonyl (C=O) groups excluding carboxylic acids is 1. The van der Waals surface area contributed by atoms with Crippen LogP contribution < -0.4 is 5.73 Å². The van der Waals surface area contributed by atoms with Crippen LogP contribution in [0.5, 0.6) is 0 Å². The SMILES string of the molecule is CCCC(C)N(C)C(=O)C1(N)C2CCOC2C1(C)C. The third-order valence-electron chi connectivity index (χ3n) is 5.50. The lowest BCUT2D eigenvalue weighted by Crippen LogP contribution is -2.80. The van der Waals surface area contributed by atoms with Crippen LogP contribution in [0.25, 0.3) is 0 Å². The molecule has 2 fully saturated rings. The second-order valence-corrected chi connectivity index (χ2v) is 6.83. The zero-order valence-electron chi connectivity index (χ0n) is 12.9. The molecule has 1 saturated carbocycles. The van der Waals surface area contributed by atoms with Crippen molar-refractivity contribution in [3.8, 4) is 0 Å². The highest BCUT2D eigenvalue weighted by Crippen LogP contribution is 2.58. The smallest absolute Gasteiger partial charge is 0.243 e. The molecule has 19 heavy (non-hydrogen) atoms. The third-order valence-corrected chi connectivity index (χ3v) is 5.50. The molecule has 4 nitrogen and oxygen atoms in total. The first-order valence-corrected chi connectivity index (χ1v) is 7.46. The van der Waals surface area contributed by atoms with E-state index in [1.54, 1.807) is 0 Å². The van der Waals surface area contributed by atoms with Crippen LogP contribution in [-0.4, -0.2) is 42.1 Å². The van der Waals surface area contributed by atoms with Crippen molar-refractivity contribution in [1.82, 2.24) is 4.90 Å². The molecule has 1 heterocycles. The van der Waals surface area contributed by atoms with E-state index in [2.05, 4.69) is 27.7 Å². The normalized spacial score (nSPS) is 37.4. The van der Waals surface area contributed by atoms with E-state index in [0.29, 0.717) is 0 Å². The molecule has 0 aromatic rings. The Balaban J connectivity index is 2.18. The summed E-state index contributed by atoms with van der Waals surface area (Å²) in [6.45, 7) is 9.10. The van der Waals surface area contributed by atoms with E-state index >= 15 is 0 Å². The van der Waals surface area contributed by atoms with E-state index in [9.17, 15) is 4.79 Å². The predicted molar refractivity (Wildman–Crippen MR) is 75.7 cm³/mol. The van der Waals surface area contributed by atoms with Crippen molar-refractivity contribution in [3.05, 3.63) is 0 Å². The van der Waals surface area contributed by atoms with E-state index in [-0.39, 0.29) is 29.4 Å². The molecule has 1 aliphatic heterocycles. The van der Waals surface area contributed by atoms with E-state index in [4.69, 9.17) is 10.5 Å². The van der Waals surface area contributed by atoms with Crippen LogP contribution in [0.4, 0.5) is 0 Å². The molecule has 0 aromatic carbocycles. The topological polar surface area (TPSA) is 55.6 Å². The van der Waals surface area contributed by atoms with Gasteiger partial charge in [-0.15, -0.1) is 0 Å².